The van der Waals surface area contributed by atoms with Crippen LogP contribution in [0.15, 0.2) is 5.38 Å². The summed E-state index contributed by atoms with van der Waals surface area (Å²) in [6.07, 6.45) is 7.62. The Morgan fingerprint density at radius 2 is 2.20 bits per heavy atom. The summed E-state index contributed by atoms with van der Waals surface area (Å²) >= 11 is 1.63. The molecule has 2 nitrogen and oxygen atoms in total. The minimum atomic E-state index is 0.531. The molecule has 0 aliphatic heterocycles. The molecule has 1 unspecified atom stereocenters. The molecule has 0 radical (unpaired) electrons. The van der Waals surface area contributed by atoms with Gasteiger partial charge >= 0.3 is 0 Å². The Balaban J connectivity index is 2.05. The molecular formula is C12H17NOS. The molecule has 2 rings (SSSR count). The number of hydrogen-bond donors (Lipinski definition) is 0. The first-order valence-corrected chi connectivity index (χ1v) is 6.60. The summed E-state index contributed by atoms with van der Waals surface area (Å²) in [4.78, 5) is 14.9. The number of carbonyl (C=O) groups excluding carboxylic acids is 1. The van der Waals surface area contributed by atoms with Crippen LogP contribution in [0.3, 0.4) is 0 Å². The van der Waals surface area contributed by atoms with E-state index in [0.29, 0.717) is 11.6 Å². The van der Waals surface area contributed by atoms with Crippen molar-refractivity contribution < 1.29 is 4.79 Å². The monoisotopic (exact) mass is 223 g/mol. The van der Waals surface area contributed by atoms with Crippen molar-refractivity contribution in [3.63, 3.8) is 0 Å². The van der Waals surface area contributed by atoms with E-state index in [-0.39, 0.29) is 0 Å². The van der Waals surface area contributed by atoms with Gasteiger partial charge in [-0.1, -0.05) is 26.2 Å². The molecule has 1 heterocycles. The van der Waals surface area contributed by atoms with Crippen molar-refractivity contribution in [1.29, 1.82) is 0 Å². The van der Waals surface area contributed by atoms with E-state index in [0.717, 1.165) is 17.2 Å². The van der Waals surface area contributed by atoms with Crippen LogP contribution in [-0.4, -0.2) is 11.3 Å². The Morgan fingerprint density at radius 3 is 2.80 bits per heavy atom. The zero-order valence-electron chi connectivity index (χ0n) is 9.11. The molecule has 0 N–H and O–H groups in total. The van der Waals surface area contributed by atoms with Gasteiger partial charge in [-0.15, -0.1) is 11.3 Å². The zero-order chi connectivity index (χ0) is 10.7. The molecule has 0 saturated heterocycles. The molecule has 1 aliphatic rings. The molecule has 82 valence electrons. The van der Waals surface area contributed by atoms with Gasteiger partial charge in [0.25, 0.3) is 0 Å². The van der Waals surface area contributed by atoms with Crippen molar-refractivity contribution in [2.45, 2.75) is 44.9 Å². The average molecular weight is 223 g/mol. The predicted molar refractivity (Wildman–Crippen MR) is 62.5 cm³/mol. The minimum Gasteiger partial charge on any atom is -0.296 e. The van der Waals surface area contributed by atoms with Gasteiger partial charge in [0.2, 0.25) is 0 Å². The van der Waals surface area contributed by atoms with E-state index in [1.54, 1.807) is 11.3 Å². The average Bonchev–Trinajstić information content (AvgIpc) is 2.78. The molecule has 1 aromatic rings. The number of aromatic nitrogens is 1. The molecule has 0 aromatic carbocycles. The van der Waals surface area contributed by atoms with Gasteiger partial charge in [0, 0.05) is 11.3 Å². The maximum Gasteiger partial charge on any atom is 0.169 e. The topological polar surface area (TPSA) is 30.0 Å². The second-order valence-electron chi connectivity index (χ2n) is 4.42. The smallest absolute Gasteiger partial charge is 0.169 e. The van der Waals surface area contributed by atoms with Crippen LogP contribution in [0.1, 0.15) is 60.4 Å². The molecule has 15 heavy (non-hydrogen) atoms. The quantitative estimate of drug-likeness (QED) is 0.732. The van der Waals surface area contributed by atoms with E-state index >= 15 is 0 Å². The summed E-state index contributed by atoms with van der Waals surface area (Å²) in [5, 5.41) is 3.01. The van der Waals surface area contributed by atoms with Crippen molar-refractivity contribution in [3.8, 4) is 0 Å². The largest absolute Gasteiger partial charge is 0.296 e. The highest BCUT2D eigenvalue weighted by atomic mass is 32.1. The van der Waals surface area contributed by atoms with Crippen LogP contribution in [0.4, 0.5) is 0 Å². The molecule has 1 fully saturated rings. The fraction of sp³-hybridized carbons (Fsp3) is 0.667. The van der Waals surface area contributed by atoms with Crippen molar-refractivity contribution in [3.05, 3.63) is 16.1 Å². The summed E-state index contributed by atoms with van der Waals surface area (Å²) in [6, 6.07) is 0. The SMILES string of the molecule is CC(c1nc(C=O)cs1)C1CCCCC1. The third-order valence-corrected chi connectivity index (χ3v) is 4.47. The first kappa shape index (κ1) is 10.8. The van der Waals surface area contributed by atoms with Gasteiger partial charge in [0.15, 0.2) is 6.29 Å². The Hall–Kier alpha value is -0.700. The fourth-order valence-corrected chi connectivity index (χ4v) is 3.31. The van der Waals surface area contributed by atoms with Crippen LogP contribution in [0, 0.1) is 5.92 Å². The second kappa shape index (κ2) is 4.88. The highest BCUT2D eigenvalue weighted by Gasteiger charge is 2.23. The van der Waals surface area contributed by atoms with E-state index in [1.807, 2.05) is 5.38 Å². The normalized spacial score (nSPS) is 20.1. The van der Waals surface area contributed by atoms with Gasteiger partial charge < -0.3 is 0 Å². The van der Waals surface area contributed by atoms with Crippen molar-refractivity contribution in [1.82, 2.24) is 4.98 Å². The molecule has 1 saturated carbocycles. The molecule has 1 aromatic heterocycles. The molecular weight excluding hydrogens is 206 g/mol. The van der Waals surface area contributed by atoms with E-state index in [9.17, 15) is 4.79 Å². The standard InChI is InChI=1S/C12H17NOS/c1-9(10-5-3-2-4-6-10)12-13-11(7-14)8-15-12/h7-10H,2-6H2,1H3. The third kappa shape index (κ3) is 2.46. The van der Waals surface area contributed by atoms with Gasteiger partial charge in [-0.05, 0) is 18.8 Å². The maximum absolute atomic E-state index is 10.6. The highest BCUT2D eigenvalue weighted by Crippen LogP contribution is 2.36. The lowest BCUT2D eigenvalue weighted by Gasteiger charge is -2.26. The third-order valence-electron chi connectivity index (χ3n) is 3.41. The van der Waals surface area contributed by atoms with Crippen LogP contribution in [0.25, 0.3) is 0 Å². The Morgan fingerprint density at radius 1 is 1.47 bits per heavy atom. The number of aldehydes is 1. The van der Waals surface area contributed by atoms with Crippen LogP contribution in [0.2, 0.25) is 0 Å². The Labute approximate surface area is 94.7 Å². The van der Waals surface area contributed by atoms with Crippen LogP contribution in [-0.2, 0) is 0 Å². The van der Waals surface area contributed by atoms with E-state index in [2.05, 4.69) is 11.9 Å². The fourth-order valence-electron chi connectivity index (χ4n) is 2.40. The minimum absolute atomic E-state index is 0.531. The van der Waals surface area contributed by atoms with Crippen LogP contribution in [0.5, 0.6) is 0 Å². The molecule has 0 amide bonds. The van der Waals surface area contributed by atoms with Crippen molar-refractivity contribution in [2.24, 2.45) is 5.92 Å². The zero-order valence-corrected chi connectivity index (χ0v) is 9.93. The second-order valence-corrected chi connectivity index (χ2v) is 5.30. The molecule has 0 bridgehead atoms. The van der Waals surface area contributed by atoms with Crippen molar-refractivity contribution >= 4 is 17.6 Å². The first-order valence-electron chi connectivity index (χ1n) is 5.72. The molecule has 1 aliphatic carbocycles. The van der Waals surface area contributed by atoms with Crippen molar-refractivity contribution in [2.75, 3.05) is 0 Å². The van der Waals surface area contributed by atoms with Gasteiger partial charge in [-0.3, -0.25) is 4.79 Å². The predicted octanol–water partition coefficient (Wildman–Crippen LogP) is 3.64. The summed E-state index contributed by atoms with van der Waals surface area (Å²) in [7, 11) is 0. The van der Waals surface area contributed by atoms with E-state index in [4.69, 9.17) is 0 Å². The number of thiazole rings is 1. The van der Waals surface area contributed by atoms with Gasteiger partial charge in [-0.25, -0.2) is 4.98 Å². The molecule has 1 atom stereocenters. The number of hydrogen-bond acceptors (Lipinski definition) is 3. The van der Waals surface area contributed by atoms with Gasteiger partial charge in [0.1, 0.15) is 5.69 Å². The van der Waals surface area contributed by atoms with Crippen LogP contribution < -0.4 is 0 Å². The van der Waals surface area contributed by atoms with Gasteiger partial charge in [-0.2, -0.15) is 0 Å². The summed E-state index contributed by atoms with van der Waals surface area (Å²) < 4.78 is 0. The summed E-state index contributed by atoms with van der Waals surface area (Å²) in [6.45, 7) is 2.25. The van der Waals surface area contributed by atoms with E-state index in [1.165, 1.54) is 32.1 Å². The maximum atomic E-state index is 10.6. The molecule has 3 heteroatoms. The first-order chi connectivity index (χ1) is 7.31. The number of carbonyl (C=O) groups is 1. The van der Waals surface area contributed by atoms with Crippen LogP contribution >= 0.6 is 11.3 Å². The van der Waals surface area contributed by atoms with Gasteiger partial charge in [0.05, 0.1) is 5.01 Å². The highest BCUT2D eigenvalue weighted by molar-refractivity contribution is 7.09. The summed E-state index contributed by atoms with van der Waals surface area (Å²) in [5.74, 6) is 1.31. The van der Waals surface area contributed by atoms with E-state index < -0.39 is 0 Å². The lowest BCUT2D eigenvalue weighted by molar-refractivity contribution is 0.111. The molecule has 0 spiro atoms. The summed E-state index contributed by atoms with van der Waals surface area (Å²) in [5.41, 5.74) is 0.595. The Bertz CT molecular complexity index is 328. The number of nitrogens with zero attached hydrogens (tertiary/aromatic N) is 1. The lowest BCUT2D eigenvalue weighted by Crippen LogP contribution is -2.13. The lowest BCUT2D eigenvalue weighted by atomic mass is 9.81. The number of rotatable bonds is 3. The Kier molecular flexibility index (Phi) is 3.52.